The molecule has 0 aliphatic heterocycles. The number of carbonyl (C=O) groups excluding carboxylic acids is 1. The third kappa shape index (κ3) is 4.64. The third-order valence-corrected chi connectivity index (χ3v) is 1.72. The molecule has 0 spiro atoms. The monoisotopic (exact) mass is 197 g/mol. The van der Waals surface area contributed by atoms with E-state index in [0.29, 0.717) is 0 Å². The molecule has 0 radical (unpaired) electrons. The molecule has 0 aliphatic rings. The van der Waals surface area contributed by atoms with Crippen molar-refractivity contribution in [1.29, 1.82) is 0 Å². The highest BCUT2D eigenvalue weighted by molar-refractivity contribution is 6.71. The lowest BCUT2D eigenvalue weighted by atomic mass is 9.58. The zero-order chi connectivity index (χ0) is 8.97. The topological polar surface area (TPSA) is 92.1 Å². The predicted molar refractivity (Wildman–Crippen MR) is 58.7 cm³/mol. The Labute approximate surface area is 84.0 Å². The minimum absolute atomic E-state index is 0. The number of hydrogen-bond donors (Lipinski definition) is 1. The molecule has 5 N–H and O–H groups in total. The van der Waals surface area contributed by atoms with Gasteiger partial charge < -0.3 is 16.2 Å². The first-order valence-electron chi connectivity index (χ1n) is 4.02. The number of nitrogens with one attached hydrogen (secondary N) is 1. The van der Waals surface area contributed by atoms with Crippen molar-refractivity contribution < 1.29 is 15.7 Å². The largest absolute Gasteiger partial charge is 0.412 e. The van der Waals surface area contributed by atoms with Crippen molar-refractivity contribution >= 4 is 18.2 Å². The highest BCUT2D eigenvalue weighted by atomic mass is 16.1. The van der Waals surface area contributed by atoms with Gasteiger partial charge in [-0.1, -0.05) is 42.6 Å². The van der Waals surface area contributed by atoms with Crippen LogP contribution in [0.25, 0.3) is 0 Å². The van der Waals surface area contributed by atoms with Crippen molar-refractivity contribution in [3.63, 3.8) is 0 Å². The molecule has 5 heteroatoms. The summed E-state index contributed by atoms with van der Waals surface area (Å²) in [4.78, 5) is 10.7. The Hall–Kier alpha value is -1.33. The summed E-state index contributed by atoms with van der Waals surface area (Å²) in [6.07, 6.45) is 0. The van der Waals surface area contributed by atoms with E-state index in [9.17, 15) is 4.79 Å². The summed E-state index contributed by atoms with van der Waals surface area (Å²) < 4.78 is 0. The molecule has 0 aliphatic carbocycles. The molecule has 1 aromatic rings. The van der Waals surface area contributed by atoms with Crippen LogP contribution in [0.5, 0.6) is 0 Å². The fourth-order valence-electron chi connectivity index (χ4n) is 1.13. The molecular formula is C9H16BNO3. The number of carbonyl (C=O) groups is 1. The second-order valence-electron chi connectivity index (χ2n) is 2.83. The number of benzene rings is 1. The molecule has 0 bridgehead atoms. The fraction of sp³-hybridized carbons (Fsp3) is 0.222. The lowest BCUT2D eigenvalue weighted by molar-refractivity contribution is -0.117. The van der Waals surface area contributed by atoms with Crippen molar-refractivity contribution in [2.24, 2.45) is 0 Å². The molecule has 4 nitrogen and oxygen atoms in total. The molecule has 1 rings (SSSR count). The summed E-state index contributed by atoms with van der Waals surface area (Å²) in [5.41, 5.74) is 1.13. The number of hydrogen-bond acceptors (Lipinski definition) is 1. The first kappa shape index (κ1) is 15.2. The van der Waals surface area contributed by atoms with Crippen LogP contribution in [0.4, 0.5) is 0 Å². The second kappa shape index (κ2) is 7.11. The van der Waals surface area contributed by atoms with Crippen molar-refractivity contribution in [1.82, 2.24) is 5.23 Å². The quantitative estimate of drug-likeness (QED) is 0.605. The molecule has 0 saturated carbocycles. The van der Waals surface area contributed by atoms with Crippen LogP contribution in [0.3, 0.4) is 0 Å². The zero-order valence-electron chi connectivity index (χ0n) is 8.37. The van der Waals surface area contributed by atoms with E-state index in [1.165, 1.54) is 6.92 Å². The second-order valence-corrected chi connectivity index (χ2v) is 2.83. The van der Waals surface area contributed by atoms with Crippen LogP contribution in [-0.4, -0.2) is 23.7 Å². The van der Waals surface area contributed by atoms with Crippen LogP contribution in [0.15, 0.2) is 30.3 Å². The fourth-order valence-corrected chi connectivity index (χ4v) is 1.13. The van der Waals surface area contributed by atoms with E-state index < -0.39 is 0 Å². The summed E-state index contributed by atoms with van der Waals surface area (Å²) in [7, 11) is 0. The molecule has 1 aromatic carbocycles. The van der Waals surface area contributed by atoms with Gasteiger partial charge in [0.25, 0.3) is 6.85 Å². The summed E-state index contributed by atoms with van der Waals surface area (Å²) in [5.74, 6) is 0.00588. The Morgan fingerprint density at radius 3 is 2.14 bits per heavy atom. The maximum absolute atomic E-state index is 10.7. The summed E-state index contributed by atoms with van der Waals surface area (Å²) >= 11 is 0. The first-order valence-corrected chi connectivity index (χ1v) is 4.02. The molecule has 0 unspecified atom stereocenters. The lowest BCUT2D eigenvalue weighted by Crippen LogP contribution is -2.44. The molecule has 14 heavy (non-hydrogen) atoms. The van der Waals surface area contributed by atoms with Crippen LogP contribution in [-0.2, 0) is 4.79 Å². The minimum atomic E-state index is 0. The van der Waals surface area contributed by atoms with Crippen LogP contribution in [0.1, 0.15) is 6.92 Å². The van der Waals surface area contributed by atoms with Gasteiger partial charge >= 0.3 is 0 Å². The Morgan fingerprint density at radius 1 is 1.21 bits per heavy atom. The van der Waals surface area contributed by atoms with Crippen molar-refractivity contribution in [3.8, 4) is 0 Å². The van der Waals surface area contributed by atoms with Gasteiger partial charge in [-0.3, -0.25) is 4.79 Å². The predicted octanol–water partition coefficient (Wildman–Crippen LogP) is -0.998. The summed E-state index contributed by atoms with van der Waals surface area (Å²) in [6, 6.07) is 9.90. The van der Waals surface area contributed by atoms with E-state index in [-0.39, 0.29) is 23.7 Å². The molecule has 78 valence electrons. The van der Waals surface area contributed by atoms with Gasteiger partial charge in [-0.25, -0.2) is 0 Å². The van der Waals surface area contributed by atoms with E-state index in [4.69, 9.17) is 0 Å². The van der Waals surface area contributed by atoms with Crippen LogP contribution in [0, 0.1) is 0 Å². The SMILES string of the molecule is CB(NC(C)=O)c1ccccc1.O.O. The summed E-state index contributed by atoms with van der Waals surface area (Å²) in [5, 5.41) is 2.82. The van der Waals surface area contributed by atoms with Gasteiger partial charge in [0, 0.05) is 6.92 Å². The lowest BCUT2D eigenvalue weighted by Gasteiger charge is -2.07. The molecular weight excluding hydrogens is 181 g/mol. The van der Waals surface area contributed by atoms with E-state index in [2.05, 4.69) is 5.23 Å². The van der Waals surface area contributed by atoms with Crippen molar-refractivity contribution in [2.45, 2.75) is 13.7 Å². The van der Waals surface area contributed by atoms with Crippen molar-refractivity contribution in [3.05, 3.63) is 30.3 Å². The Morgan fingerprint density at radius 2 is 1.71 bits per heavy atom. The first-order chi connectivity index (χ1) is 5.70. The Bertz CT molecular complexity index is 266. The molecule has 0 heterocycles. The van der Waals surface area contributed by atoms with Gasteiger partial charge in [-0.2, -0.15) is 0 Å². The Kier molecular flexibility index (Phi) is 7.70. The number of amides is 1. The molecule has 0 aromatic heterocycles. The standard InChI is InChI=1S/C9H12BNO.2H2O/c1-8(12)11-10(2)9-6-4-3-5-7-9;;/h3-7H,1-2H3,(H,11,12);2*1H2. The maximum atomic E-state index is 10.7. The van der Waals surface area contributed by atoms with Crippen molar-refractivity contribution in [2.75, 3.05) is 0 Å². The maximum Gasteiger partial charge on any atom is 0.285 e. The highest BCUT2D eigenvalue weighted by Crippen LogP contribution is 1.85. The van der Waals surface area contributed by atoms with Gasteiger partial charge in [-0.05, 0) is 0 Å². The van der Waals surface area contributed by atoms with Crippen LogP contribution in [0.2, 0.25) is 6.82 Å². The average molecular weight is 197 g/mol. The molecule has 0 atom stereocenters. The molecule has 0 fully saturated rings. The van der Waals surface area contributed by atoms with E-state index in [1.54, 1.807) is 0 Å². The summed E-state index contributed by atoms with van der Waals surface area (Å²) in [6.45, 7) is 3.60. The van der Waals surface area contributed by atoms with Gasteiger partial charge in [0.05, 0.1) is 0 Å². The van der Waals surface area contributed by atoms with Gasteiger partial charge in [0.2, 0.25) is 5.91 Å². The minimum Gasteiger partial charge on any atom is -0.412 e. The van der Waals surface area contributed by atoms with Gasteiger partial charge in [-0.15, -0.1) is 0 Å². The van der Waals surface area contributed by atoms with Crippen LogP contribution < -0.4 is 10.7 Å². The van der Waals surface area contributed by atoms with Gasteiger partial charge in [0.1, 0.15) is 0 Å². The van der Waals surface area contributed by atoms with E-state index >= 15 is 0 Å². The third-order valence-electron chi connectivity index (χ3n) is 1.72. The van der Waals surface area contributed by atoms with Crippen LogP contribution >= 0.6 is 0 Å². The van der Waals surface area contributed by atoms with E-state index in [0.717, 1.165) is 5.46 Å². The van der Waals surface area contributed by atoms with Gasteiger partial charge in [0.15, 0.2) is 0 Å². The number of rotatable bonds is 2. The Balaban J connectivity index is 0. The average Bonchev–Trinajstić information content (AvgIpc) is 2.05. The molecule has 0 saturated heterocycles. The van der Waals surface area contributed by atoms with E-state index in [1.807, 2.05) is 37.2 Å². The smallest absolute Gasteiger partial charge is 0.285 e. The molecule has 1 amide bonds. The highest BCUT2D eigenvalue weighted by Gasteiger charge is 2.09. The zero-order valence-corrected chi connectivity index (χ0v) is 8.37. The normalized spacial score (nSPS) is 7.86.